The van der Waals surface area contributed by atoms with E-state index in [2.05, 4.69) is 22.3 Å². The highest BCUT2D eigenvalue weighted by Gasteiger charge is 2.31. The first-order valence-corrected chi connectivity index (χ1v) is 5.04. The third-order valence-electron chi connectivity index (χ3n) is 2.23. The van der Waals surface area contributed by atoms with Crippen LogP contribution >= 0.6 is 12.6 Å². The Morgan fingerprint density at radius 2 is 1.74 bits per heavy atom. The first-order valence-electron chi connectivity index (χ1n) is 4.59. The first kappa shape index (κ1) is 13.4. The predicted molar refractivity (Wildman–Crippen MR) is 56.0 cm³/mol. The van der Waals surface area contributed by atoms with Crippen LogP contribution in [0, 0.1) is 23.3 Å². The van der Waals surface area contributed by atoms with Crippen molar-refractivity contribution in [2.45, 2.75) is 5.09 Å². The van der Waals surface area contributed by atoms with Crippen LogP contribution in [0.4, 0.5) is 17.6 Å². The molecule has 9 heteroatoms. The predicted octanol–water partition coefficient (Wildman–Crippen LogP) is 2.88. The molecule has 0 amide bonds. The van der Waals surface area contributed by atoms with Gasteiger partial charge in [-0.3, -0.25) is 0 Å². The number of hydrogen-bond donors (Lipinski definition) is 2. The number of carbonyl (C=O) groups is 1. The molecular formula is C10H3F4NO3S. The number of nitrogens with zero attached hydrogens (tertiary/aromatic N) is 1. The minimum Gasteiger partial charge on any atom is -0.478 e. The lowest BCUT2D eigenvalue weighted by molar-refractivity contribution is 0.0690. The smallest absolute Gasteiger partial charge is 0.339 e. The van der Waals surface area contributed by atoms with E-state index in [1.54, 1.807) is 0 Å². The van der Waals surface area contributed by atoms with Crippen LogP contribution in [0.1, 0.15) is 10.4 Å². The highest BCUT2D eigenvalue weighted by atomic mass is 32.1. The van der Waals surface area contributed by atoms with Gasteiger partial charge in [0.1, 0.15) is 11.3 Å². The highest BCUT2D eigenvalue weighted by Crippen LogP contribution is 2.32. The second kappa shape index (κ2) is 4.57. The number of aromatic nitrogens is 1. The third-order valence-corrected chi connectivity index (χ3v) is 2.45. The van der Waals surface area contributed by atoms with Crippen molar-refractivity contribution in [3.8, 4) is 11.3 Å². The van der Waals surface area contributed by atoms with Gasteiger partial charge in [0.15, 0.2) is 28.4 Å². The Balaban J connectivity index is 2.89. The lowest BCUT2D eigenvalue weighted by atomic mass is 10.0. The summed E-state index contributed by atoms with van der Waals surface area (Å²) in [6.45, 7) is 0. The Bertz CT molecular complexity index is 686. The molecule has 4 nitrogen and oxygen atoms in total. The number of benzene rings is 1. The van der Waals surface area contributed by atoms with E-state index in [0.29, 0.717) is 0 Å². The van der Waals surface area contributed by atoms with Gasteiger partial charge in [0, 0.05) is 6.07 Å². The number of carboxylic acids is 1. The molecule has 0 aliphatic carbocycles. The molecule has 0 bridgehead atoms. The average molecular weight is 293 g/mol. The summed E-state index contributed by atoms with van der Waals surface area (Å²) in [6.07, 6.45) is 0. The van der Waals surface area contributed by atoms with Gasteiger partial charge in [-0.05, 0) is 0 Å². The minimum absolute atomic E-state index is 0.143. The monoisotopic (exact) mass is 293 g/mol. The Labute approximate surface area is 108 Å². The van der Waals surface area contributed by atoms with Crippen molar-refractivity contribution < 1.29 is 32.0 Å². The second-order valence-electron chi connectivity index (χ2n) is 3.36. The Morgan fingerprint density at radius 3 is 2.21 bits per heavy atom. The van der Waals surface area contributed by atoms with Crippen LogP contribution < -0.4 is 0 Å². The van der Waals surface area contributed by atoms with Gasteiger partial charge >= 0.3 is 5.97 Å². The van der Waals surface area contributed by atoms with Crippen LogP contribution in [0.25, 0.3) is 11.3 Å². The van der Waals surface area contributed by atoms with Gasteiger partial charge in [-0.25, -0.2) is 22.4 Å². The molecule has 2 rings (SSSR count). The van der Waals surface area contributed by atoms with Crippen LogP contribution in [-0.2, 0) is 0 Å². The van der Waals surface area contributed by atoms with Crippen molar-refractivity contribution in [2.24, 2.45) is 0 Å². The van der Waals surface area contributed by atoms with Crippen LogP contribution in [0.2, 0.25) is 0 Å². The van der Waals surface area contributed by atoms with Gasteiger partial charge in [-0.1, -0.05) is 5.16 Å². The molecule has 0 fully saturated rings. The Morgan fingerprint density at radius 1 is 1.16 bits per heavy atom. The fourth-order valence-electron chi connectivity index (χ4n) is 1.46. The summed E-state index contributed by atoms with van der Waals surface area (Å²) in [5.41, 5.74) is -2.94. The number of aromatic carboxylic acids is 1. The average Bonchev–Trinajstić information content (AvgIpc) is 2.76. The molecule has 0 atom stereocenters. The largest absolute Gasteiger partial charge is 0.478 e. The molecule has 19 heavy (non-hydrogen) atoms. The van der Waals surface area contributed by atoms with Crippen molar-refractivity contribution in [3.05, 3.63) is 34.9 Å². The maximum Gasteiger partial charge on any atom is 0.339 e. The zero-order valence-electron chi connectivity index (χ0n) is 8.75. The zero-order valence-corrected chi connectivity index (χ0v) is 9.64. The molecule has 0 saturated heterocycles. The van der Waals surface area contributed by atoms with Crippen molar-refractivity contribution >= 4 is 18.6 Å². The molecule has 1 aromatic heterocycles. The van der Waals surface area contributed by atoms with E-state index in [9.17, 15) is 22.4 Å². The molecule has 0 aliphatic heterocycles. The SMILES string of the molecule is O=C(O)c1c(F)c(F)c(F)c(F)c1-c1cc(S)on1. The number of hydrogen-bond acceptors (Lipinski definition) is 4. The molecule has 1 heterocycles. The Hall–Kier alpha value is -2.03. The molecule has 1 N–H and O–H groups in total. The molecule has 0 saturated carbocycles. The van der Waals surface area contributed by atoms with E-state index in [1.165, 1.54) is 0 Å². The van der Waals surface area contributed by atoms with Crippen molar-refractivity contribution in [1.29, 1.82) is 0 Å². The quantitative estimate of drug-likeness (QED) is 0.387. The zero-order chi connectivity index (χ0) is 14.3. The molecule has 0 unspecified atom stereocenters. The summed E-state index contributed by atoms with van der Waals surface area (Å²) in [6, 6.07) is 0.935. The molecule has 100 valence electrons. The normalized spacial score (nSPS) is 10.8. The highest BCUT2D eigenvalue weighted by molar-refractivity contribution is 7.80. The number of rotatable bonds is 2. The van der Waals surface area contributed by atoms with E-state index in [4.69, 9.17) is 5.11 Å². The van der Waals surface area contributed by atoms with Gasteiger partial charge < -0.3 is 9.63 Å². The van der Waals surface area contributed by atoms with Gasteiger partial charge in [0.25, 0.3) is 0 Å². The minimum atomic E-state index is -2.21. The topological polar surface area (TPSA) is 63.3 Å². The lowest BCUT2D eigenvalue weighted by Gasteiger charge is -2.07. The van der Waals surface area contributed by atoms with Crippen molar-refractivity contribution in [3.63, 3.8) is 0 Å². The molecular weight excluding hydrogens is 290 g/mol. The third kappa shape index (κ3) is 2.05. The van der Waals surface area contributed by atoms with Crippen LogP contribution in [0.15, 0.2) is 15.7 Å². The van der Waals surface area contributed by atoms with E-state index < -0.39 is 46.1 Å². The number of thiol groups is 1. The molecule has 0 aliphatic rings. The fraction of sp³-hybridized carbons (Fsp3) is 0. The summed E-state index contributed by atoms with van der Waals surface area (Å²) >= 11 is 3.69. The van der Waals surface area contributed by atoms with Crippen molar-refractivity contribution in [2.75, 3.05) is 0 Å². The van der Waals surface area contributed by atoms with E-state index in [1.807, 2.05) is 0 Å². The first-order chi connectivity index (χ1) is 8.84. The van der Waals surface area contributed by atoms with Crippen LogP contribution in [0.5, 0.6) is 0 Å². The molecule has 2 aromatic rings. The summed E-state index contributed by atoms with van der Waals surface area (Å²) in [4.78, 5) is 10.9. The number of halogens is 4. The number of carboxylic acid groups (broad SMARTS) is 1. The molecule has 1 aromatic carbocycles. The summed E-state index contributed by atoms with van der Waals surface area (Å²) in [7, 11) is 0. The summed E-state index contributed by atoms with van der Waals surface area (Å²) in [5.74, 6) is -10.2. The van der Waals surface area contributed by atoms with Gasteiger partial charge in [-0.15, -0.1) is 12.6 Å². The Kier molecular flexibility index (Phi) is 3.23. The summed E-state index contributed by atoms with van der Waals surface area (Å²) in [5, 5.41) is 11.8. The van der Waals surface area contributed by atoms with Gasteiger partial charge in [-0.2, -0.15) is 0 Å². The van der Waals surface area contributed by atoms with Crippen LogP contribution in [0.3, 0.4) is 0 Å². The second-order valence-corrected chi connectivity index (χ2v) is 3.80. The van der Waals surface area contributed by atoms with E-state index in [0.717, 1.165) is 6.07 Å². The van der Waals surface area contributed by atoms with Gasteiger partial charge in [0.2, 0.25) is 0 Å². The summed E-state index contributed by atoms with van der Waals surface area (Å²) < 4.78 is 57.6. The van der Waals surface area contributed by atoms with E-state index >= 15 is 0 Å². The fourth-order valence-corrected chi connectivity index (χ4v) is 1.62. The van der Waals surface area contributed by atoms with Crippen LogP contribution in [-0.4, -0.2) is 16.2 Å². The molecule has 0 radical (unpaired) electrons. The standard InChI is InChI=1S/C10H3F4NO3S/c11-6-4(2-1-3(19)18-15-2)5(10(16)17)7(12)9(14)8(6)13/h1,19H,(H,16,17). The maximum absolute atomic E-state index is 13.6. The van der Waals surface area contributed by atoms with Crippen molar-refractivity contribution in [1.82, 2.24) is 5.16 Å². The lowest BCUT2D eigenvalue weighted by Crippen LogP contribution is -2.11. The maximum atomic E-state index is 13.6. The van der Waals surface area contributed by atoms with Gasteiger partial charge in [0.05, 0.1) is 5.56 Å². The molecule has 0 spiro atoms. The van der Waals surface area contributed by atoms with E-state index in [-0.39, 0.29) is 5.09 Å².